The zero-order valence-corrected chi connectivity index (χ0v) is 13.9. The highest BCUT2D eigenvalue weighted by Gasteiger charge is 2.06. The molecule has 1 heterocycles. The lowest BCUT2D eigenvalue weighted by Gasteiger charge is -2.10. The minimum absolute atomic E-state index is 0.0928. The van der Waals surface area contributed by atoms with Crippen LogP contribution < -0.4 is 16.0 Å². The second-order valence-electron chi connectivity index (χ2n) is 5.68. The highest BCUT2D eigenvalue weighted by molar-refractivity contribution is 5.94. The van der Waals surface area contributed by atoms with Gasteiger partial charge < -0.3 is 16.0 Å². The lowest BCUT2D eigenvalue weighted by atomic mass is 10.1. The van der Waals surface area contributed by atoms with E-state index in [4.69, 9.17) is 0 Å². The van der Waals surface area contributed by atoms with E-state index >= 15 is 0 Å². The van der Waals surface area contributed by atoms with Crippen LogP contribution in [0.4, 0.5) is 4.79 Å². The number of rotatable bonds is 6. The summed E-state index contributed by atoms with van der Waals surface area (Å²) in [5, 5.41) is 8.35. The molecule has 6 nitrogen and oxygen atoms in total. The van der Waals surface area contributed by atoms with Crippen molar-refractivity contribution in [1.29, 1.82) is 0 Å². The number of nitrogens with one attached hydrogen (secondary N) is 3. The summed E-state index contributed by atoms with van der Waals surface area (Å²) in [6.45, 7) is 4.60. The largest absolute Gasteiger partial charge is 0.346 e. The first-order valence-electron chi connectivity index (χ1n) is 7.86. The number of nitrogens with zero attached hydrogens (tertiary/aromatic N) is 1. The third kappa shape index (κ3) is 5.72. The lowest BCUT2D eigenvalue weighted by molar-refractivity contribution is 0.0950. The van der Waals surface area contributed by atoms with Gasteiger partial charge in [0.1, 0.15) is 0 Å². The smallest absolute Gasteiger partial charge is 0.315 e. The van der Waals surface area contributed by atoms with Crippen LogP contribution in [0.5, 0.6) is 0 Å². The predicted molar refractivity (Wildman–Crippen MR) is 92.4 cm³/mol. The van der Waals surface area contributed by atoms with Crippen molar-refractivity contribution in [3.8, 4) is 0 Å². The minimum Gasteiger partial charge on any atom is -0.346 e. The van der Waals surface area contributed by atoms with Crippen molar-refractivity contribution in [3.05, 3.63) is 65.5 Å². The van der Waals surface area contributed by atoms with Gasteiger partial charge in [-0.1, -0.05) is 18.2 Å². The fourth-order valence-corrected chi connectivity index (χ4v) is 2.05. The first-order chi connectivity index (χ1) is 11.5. The molecule has 2 rings (SSSR count). The van der Waals surface area contributed by atoms with Crippen molar-refractivity contribution in [1.82, 2.24) is 20.9 Å². The Labute approximate surface area is 141 Å². The summed E-state index contributed by atoms with van der Waals surface area (Å²) in [5.41, 5.74) is 2.30. The van der Waals surface area contributed by atoms with Crippen molar-refractivity contribution >= 4 is 11.9 Å². The second kappa shape index (κ2) is 8.67. The molecular weight excluding hydrogens is 304 g/mol. The van der Waals surface area contributed by atoms with E-state index in [1.165, 1.54) is 0 Å². The van der Waals surface area contributed by atoms with Crippen LogP contribution in [-0.2, 0) is 13.1 Å². The maximum atomic E-state index is 12.1. The van der Waals surface area contributed by atoms with Crippen LogP contribution in [0.1, 0.15) is 35.5 Å². The monoisotopic (exact) mass is 326 g/mol. The molecular formula is C18H22N4O2. The molecule has 0 radical (unpaired) electrons. The van der Waals surface area contributed by atoms with E-state index in [0.717, 1.165) is 11.3 Å². The number of aromatic nitrogens is 1. The molecule has 2 aromatic rings. The van der Waals surface area contributed by atoms with Gasteiger partial charge in [0, 0.05) is 24.3 Å². The van der Waals surface area contributed by atoms with Crippen molar-refractivity contribution in [2.24, 2.45) is 0 Å². The SMILES string of the molecule is CC(C)NC(=O)NCc1ccc(C(=O)NCc2ccccn2)cc1. The van der Waals surface area contributed by atoms with Crippen LogP contribution in [0.25, 0.3) is 0 Å². The molecule has 0 saturated carbocycles. The van der Waals surface area contributed by atoms with E-state index in [0.29, 0.717) is 18.7 Å². The molecule has 126 valence electrons. The van der Waals surface area contributed by atoms with Gasteiger partial charge in [0.05, 0.1) is 12.2 Å². The van der Waals surface area contributed by atoms with Gasteiger partial charge in [-0.25, -0.2) is 4.79 Å². The average Bonchev–Trinajstić information content (AvgIpc) is 2.58. The van der Waals surface area contributed by atoms with Gasteiger partial charge in [0.25, 0.3) is 5.91 Å². The van der Waals surface area contributed by atoms with Crippen molar-refractivity contribution in [3.63, 3.8) is 0 Å². The topological polar surface area (TPSA) is 83.1 Å². The van der Waals surface area contributed by atoms with Crippen LogP contribution in [0.15, 0.2) is 48.7 Å². The molecule has 0 fully saturated rings. The molecule has 0 spiro atoms. The van der Waals surface area contributed by atoms with Crippen LogP contribution in [0.3, 0.4) is 0 Å². The van der Waals surface area contributed by atoms with Crippen LogP contribution in [-0.4, -0.2) is 23.0 Å². The number of amides is 3. The average molecular weight is 326 g/mol. The van der Waals surface area contributed by atoms with Gasteiger partial charge in [-0.15, -0.1) is 0 Å². The highest BCUT2D eigenvalue weighted by atomic mass is 16.2. The second-order valence-corrected chi connectivity index (χ2v) is 5.68. The van der Waals surface area contributed by atoms with Crippen molar-refractivity contribution in [2.75, 3.05) is 0 Å². The standard InChI is InChI=1S/C18H22N4O2/c1-13(2)22-18(24)21-11-14-6-8-15(9-7-14)17(23)20-12-16-5-3-4-10-19-16/h3-10,13H,11-12H2,1-2H3,(H,20,23)(H2,21,22,24). The van der Waals surface area contributed by atoms with E-state index in [-0.39, 0.29) is 18.0 Å². The Bertz CT molecular complexity index is 669. The molecule has 0 atom stereocenters. The normalized spacial score (nSPS) is 10.3. The van der Waals surface area contributed by atoms with Gasteiger partial charge in [-0.2, -0.15) is 0 Å². The summed E-state index contributed by atoms with van der Waals surface area (Å²) < 4.78 is 0. The number of benzene rings is 1. The zero-order valence-electron chi connectivity index (χ0n) is 13.9. The number of urea groups is 1. The quantitative estimate of drug-likeness (QED) is 0.761. The third-order valence-corrected chi connectivity index (χ3v) is 3.25. The first kappa shape index (κ1) is 17.5. The van der Waals surface area contributed by atoms with Crippen LogP contribution in [0.2, 0.25) is 0 Å². The number of hydrogen-bond acceptors (Lipinski definition) is 3. The van der Waals surface area contributed by atoms with E-state index in [2.05, 4.69) is 20.9 Å². The Morgan fingerprint density at radius 3 is 2.38 bits per heavy atom. The minimum atomic E-state index is -0.206. The Hall–Kier alpha value is -2.89. The van der Waals surface area contributed by atoms with Gasteiger partial charge in [0.2, 0.25) is 0 Å². The number of pyridine rings is 1. The highest BCUT2D eigenvalue weighted by Crippen LogP contribution is 2.05. The number of carbonyl (C=O) groups excluding carboxylic acids is 2. The fraction of sp³-hybridized carbons (Fsp3) is 0.278. The van der Waals surface area contributed by atoms with E-state index in [1.54, 1.807) is 18.3 Å². The first-order valence-corrected chi connectivity index (χ1v) is 7.86. The van der Waals surface area contributed by atoms with E-state index in [9.17, 15) is 9.59 Å². The molecule has 24 heavy (non-hydrogen) atoms. The summed E-state index contributed by atoms with van der Waals surface area (Å²) in [6.07, 6.45) is 1.69. The van der Waals surface area contributed by atoms with Gasteiger partial charge >= 0.3 is 6.03 Å². The summed E-state index contributed by atoms with van der Waals surface area (Å²) in [5.74, 6) is -0.155. The maximum Gasteiger partial charge on any atom is 0.315 e. The summed E-state index contributed by atoms with van der Waals surface area (Å²) in [4.78, 5) is 27.8. The molecule has 0 saturated heterocycles. The van der Waals surface area contributed by atoms with Crippen molar-refractivity contribution < 1.29 is 9.59 Å². The Morgan fingerprint density at radius 2 is 1.75 bits per heavy atom. The molecule has 0 aliphatic rings. The number of hydrogen-bond donors (Lipinski definition) is 3. The molecule has 6 heteroatoms. The van der Waals surface area contributed by atoms with Gasteiger partial charge in [-0.3, -0.25) is 9.78 Å². The third-order valence-electron chi connectivity index (χ3n) is 3.25. The zero-order chi connectivity index (χ0) is 17.4. The number of carbonyl (C=O) groups is 2. The Balaban J connectivity index is 1.82. The molecule has 0 aliphatic heterocycles. The molecule has 0 unspecified atom stereocenters. The molecule has 0 aliphatic carbocycles. The molecule has 3 amide bonds. The lowest BCUT2D eigenvalue weighted by Crippen LogP contribution is -2.39. The summed E-state index contributed by atoms with van der Waals surface area (Å²) in [6, 6.07) is 12.6. The van der Waals surface area contributed by atoms with Gasteiger partial charge in [-0.05, 0) is 43.7 Å². The van der Waals surface area contributed by atoms with Crippen LogP contribution in [0, 0.1) is 0 Å². The van der Waals surface area contributed by atoms with Crippen LogP contribution >= 0.6 is 0 Å². The van der Waals surface area contributed by atoms with E-state index < -0.39 is 0 Å². The molecule has 1 aromatic carbocycles. The molecule has 3 N–H and O–H groups in total. The van der Waals surface area contributed by atoms with Gasteiger partial charge in [0.15, 0.2) is 0 Å². The fourth-order valence-electron chi connectivity index (χ4n) is 2.05. The Morgan fingerprint density at radius 1 is 1.00 bits per heavy atom. The van der Waals surface area contributed by atoms with Crippen molar-refractivity contribution in [2.45, 2.75) is 33.0 Å². The maximum absolute atomic E-state index is 12.1. The summed E-state index contributed by atoms with van der Waals surface area (Å²) in [7, 11) is 0. The Kier molecular flexibility index (Phi) is 6.31. The molecule has 0 bridgehead atoms. The predicted octanol–water partition coefficient (Wildman–Crippen LogP) is 2.22. The van der Waals surface area contributed by atoms with E-state index in [1.807, 2.05) is 44.2 Å². The molecule has 1 aromatic heterocycles. The summed E-state index contributed by atoms with van der Waals surface area (Å²) >= 11 is 0.